The van der Waals surface area contributed by atoms with Crippen molar-refractivity contribution in [1.82, 2.24) is 4.90 Å². The zero-order valence-corrected chi connectivity index (χ0v) is 10.7. The molecule has 1 unspecified atom stereocenters. The van der Waals surface area contributed by atoms with E-state index in [1.54, 1.807) is 0 Å². The number of benzene rings is 1. The molecule has 4 nitrogen and oxygen atoms in total. The van der Waals surface area contributed by atoms with Crippen molar-refractivity contribution < 1.29 is 14.7 Å². The zero-order chi connectivity index (χ0) is 13.5. The van der Waals surface area contributed by atoms with Gasteiger partial charge in [0.1, 0.15) is 6.29 Å². The lowest BCUT2D eigenvalue weighted by Gasteiger charge is -2.26. The van der Waals surface area contributed by atoms with Crippen LogP contribution in [0.1, 0.15) is 25.8 Å². The van der Waals surface area contributed by atoms with Gasteiger partial charge in [0.2, 0.25) is 0 Å². The van der Waals surface area contributed by atoms with E-state index in [0.717, 1.165) is 11.8 Å². The maximum atomic E-state index is 11.3. The van der Waals surface area contributed by atoms with Crippen LogP contribution in [0, 0.1) is 5.92 Å². The van der Waals surface area contributed by atoms with E-state index >= 15 is 0 Å². The van der Waals surface area contributed by atoms with Crippen LogP contribution in [-0.4, -0.2) is 28.4 Å². The third kappa shape index (κ3) is 4.20. The Morgan fingerprint density at radius 1 is 1.33 bits per heavy atom. The molecule has 1 aromatic rings. The summed E-state index contributed by atoms with van der Waals surface area (Å²) in [5.41, 5.74) is 0.885. The van der Waals surface area contributed by atoms with Gasteiger partial charge in [0.25, 0.3) is 0 Å². The first kappa shape index (κ1) is 14.2. The molecule has 0 bridgehead atoms. The summed E-state index contributed by atoms with van der Waals surface area (Å²) in [5, 5.41) is 9.22. The second-order valence-electron chi connectivity index (χ2n) is 4.73. The Bertz CT molecular complexity index is 389. The molecule has 0 aliphatic heterocycles. The van der Waals surface area contributed by atoms with E-state index < -0.39 is 12.1 Å². The lowest BCUT2D eigenvalue weighted by Crippen LogP contribution is -2.40. The highest BCUT2D eigenvalue weighted by atomic mass is 16.4. The van der Waals surface area contributed by atoms with E-state index in [-0.39, 0.29) is 12.5 Å². The van der Waals surface area contributed by atoms with Crippen molar-refractivity contribution >= 4 is 12.4 Å². The smallest absolute Gasteiger partial charge is 0.408 e. The first-order chi connectivity index (χ1) is 8.54. The Hall–Kier alpha value is -1.84. The van der Waals surface area contributed by atoms with Crippen LogP contribution in [0.3, 0.4) is 0 Å². The van der Waals surface area contributed by atoms with Crippen LogP contribution in [0.4, 0.5) is 4.79 Å². The summed E-state index contributed by atoms with van der Waals surface area (Å²) < 4.78 is 0. The number of hydrogen-bond acceptors (Lipinski definition) is 2. The van der Waals surface area contributed by atoms with Crippen molar-refractivity contribution in [2.45, 2.75) is 32.9 Å². The summed E-state index contributed by atoms with van der Waals surface area (Å²) in [7, 11) is 0. The summed E-state index contributed by atoms with van der Waals surface area (Å²) in [6, 6.07) is 8.71. The molecule has 18 heavy (non-hydrogen) atoms. The summed E-state index contributed by atoms with van der Waals surface area (Å²) in [6.45, 7) is 4.18. The largest absolute Gasteiger partial charge is 0.465 e. The van der Waals surface area contributed by atoms with E-state index in [1.807, 2.05) is 44.2 Å². The number of amides is 1. The number of carboxylic acid groups (broad SMARTS) is 1. The highest BCUT2D eigenvalue weighted by molar-refractivity contribution is 5.71. The lowest BCUT2D eigenvalue weighted by molar-refractivity contribution is -0.112. The quantitative estimate of drug-likeness (QED) is 0.789. The molecule has 0 aliphatic rings. The fourth-order valence-electron chi connectivity index (χ4n) is 1.85. The molecule has 0 radical (unpaired) electrons. The van der Waals surface area contributed by atoms with Crippen LogP contribution in [0.25, 0.3) is 0 Å². The Morgan fingerprint density at radius 2 is 1.94 bits per heavy atom. The molecule has 0 spiro atoms. The molecule has 0 saturated heterocycles. The van der Waals surface area contributed by atoms with E-state index in [0.29, 0.717) is 6.42 Å². The van der Waals surface area contributed by atoms with Crippen LogP contribution < -0.4 is 0 Å². The van der Waals surface area contributed by atoms with Gasteiger partial charge in [0, 0.05) is 6.54 Å². The normalized spacial score (nSPS) is 12.2. The van der Waals surface area contributed by atoms with Crippen molar-refractivity contribution in [2.24, 2.45) is 5.92 Å². The number of aldehydes is 1. The van der Waals surface area contributed by atoms with E-state index in [1.165, 1.54) is 4.90 Å². The third-order valence-electron chi connectivity index (χ3n) is 2.71. The molecule has 1 amide bonds. The highest BCUT2D eigenvalue weighted by Gasteiger charge is 2.23. The molecule has 1 rings (SSSR count). The lowest BCUT2D eigenvalue weighted by atomic mass is 10.0. The minimum atomic E-state index is -1.06. The Balaban J connectivity index is 2.81. The summed E-state index contributed by atoms with van der Waals surface area (Å²) >= 11 is 0. The molecule has 0 aromatic heterocycles. The van der Waals surface area contributed by atoms with Crippen molar-refractivity contribution in [1.29, 1.82) is 0 Å². The molecule has 1 atom stereocenters. The topological polar surface area (TPSA) is 57.6 Å². The van der Waals surface area contributed by atoms with E-state index in [2.05, 4.69) is 0 Å². The minimum Gasteiger partial charge on any atom is -0.465 e. The summed E-state index contributed by atoms with van der Waals surface area (Å²) in [4.78, 5) is 23.5. The highest BCUT2D eigenvalue weighted by Crippen LogP contribution is 2.14. The predicted octanol–water partition coefficient (Wildman–Crippen LogP) is 2.78. The molecule has 1 aromatic carbocycles. The average molecular weight is 249 g/mol. The van der Waals surface area contributed by atoms with Crippen molar-refractivity contribution in [3.63, 3.8) is 0 Å². The molecule has 0 heterocycles. The van der Waals surface area contributed by atoms with Gasteiger partial charge in [0.05, 0.1) is 6.04 Å². The van der Waals surface area contributed by atoms with Crippen LogP contribution in [-0.2, 0) is 11.3 Å². The first-order valence-corrected chi connectivity index (χ1v) is 6.03. The van der Waals surface area contributed by atoms with Gasteiger partial charge < -0.3 is 9.90 Å². The number of nitrogens with zero attached hydrogens (tertiary/aromatic N) is 1. The molecule has 0 fully saturated rings. The van der Waals surface area contributed by atoms with Crippen molar-refractivity contribution in [2.75, 3.05) is 0 Å². The van der Waals surface area contributed by atoms with Gasteiger partial charge in [-0.15, -0.1) is 0 Å². The van der Waals surface area contributed by atoms with Crippen LogP contribution in [0.5, 0.6) is 0 Å². The first-order valence-electron chi connectivity index (χ1n) is 6.03. The summed E-state index contributed by atoms with van der Waals surface area (Å²) in [5.74, 6) is 0.276. The van der Waals surface area contributed by atoms with Gasteiger partial charge in [-0.05, 0) is 17.9 Å². The second-order valence-corrected chi connectivity index (χ2v) is 4.73. The standard InChI is InChI=1S/C14H19NO3/c1-11(2)8-13(10-16)15(14(17)18)9-12-6-4-3-5-7-12/h3-7,10-11,13H,8-9H2,1-2H3,(H,17,18). The van der Waals surface area contributed by atoms with E-state index in [4.69, 9.17) is 0 Å². The Kier molecular flexibility index (Phi) is 5.36. The molecule has 4 heteroatoms. The van der Waals surface area contributed by atoms with Gasteiger partial charge in [0.15, 0.2) is 0 Å². The number of carbonyl (C=O) groups is 2. The maximum absolute atomic E-state index is 11.3. The van der Waals surface area contributed by atoms with Crippen LogP contribution in [0.2, 0.25) is 0 Å². The minimum absolute atomic E-state index is 0.242. The number of rotatable bonds is 6. The molecule has 0 aliphatic carbocycles. The van der Waals surface area contributed by atoms with Crippen LogP contribution >= 0.6 is 0 Å². The molecule has 0 saturated carbocycles. The number of hydrogen-bond donors (Lipinski definition) is 1. The fourth-order valence-corrected chi connectivity index (χ4v) is 1.85. The molecule has 98 valence electrons. The fraction of sp³-hybridized carbons (Fsp3) is 0.429. The average Bonchev–Trinajstić information content (AvgIpc) is 2.34. The molecule has 1 N–H and O–H groups in total. The molecular weight excluding hydrogens is 230 g/mol. The van der Waals surface area contributed by atoms with E-state index in [9.17, 15) is 14.7 Å². The predicted molar refractivity (Wildman–Crippen MR) is 69.3 cm³/mol. The van der Waals surface area contributed by atoms with Gasteiger partial charge in [-0.1, -0.05) is 44.2 Å². The monoisotopic (exact) mass is 249 g/mol. The van der Waals surface area contributed by atoms with Crippen molar-refractivity contribution in [3.8, 4) is 0 Å². The third-order valence-corrected chi connectivity index (χ3v) is 2.71. The second kappa shape index (κ2) is 6.79. The Labute approximate surface area is 107 Å². The van der Waals surface area contributed by atoms with Gasteiger partial charge in [-0.3, -0.25) is 4.90 Å². The van der Waals surface area contributed by atoms with Gasteiger partial charge >= 0.3 is 6.09 Å². The molecular formula is C14H19NO3. The van der Waals surface area contributed by atoms with Gasteiger partial charge in [-0.25, -0.2) is 4.79 Å². The van der Waals surface area contributed by atoms with Gasteiger partial charge in [-0.2, -0.15) is 0 Å². The Morgan fingerprint density at radius 3 is 2.39 bits per heavy atom. The summed E-state index contributed by atoms with van der Waals surface area (Å²) in [6.07, 6.45) is 0.205. The van der Waals surface area contributed by atoms with Crippen LogP contribution in [0.15, 0.2) is 30.3 Å². The zero-order valence-electron chi connectivity index (χ0n) is 10.7. The number of carbonyl (C=O) groups excluding carboxylic acids is 1. The maximum Gasteiger partial charge on any atom is 0.408 e. The SMILES string of the molecule is CC(C)CC(C=O)N(Cc1ccccc1)C(=O)O. The van der Waals surface area contributed by atoms with Crippen molar-refractivity contribution in [3.05, 3.63) is 35.9 Å².